The van der Waals surface area contributed by atoms with E-state index in [1.54, 1.807) is 6.07 Å². The summed E-state index contributed by atoms with van der Waals surface area (Å²) in [6.45, 7) is 3.09. The number of benzene rings is 1. The van der Waals surface area contributed by atoms with Crippen LogP contribution in [-0.4, -0.2) is 47.0 Å². The number of aromatic hydroxyl groups is 1. The summed E-state index contributed by atoms with van der Waals surface area (Å²) < 4.78 is 5.22. The summed E-state index contributed by atoms with van der Waals surface area (Å²) in [6, 6.07) is 8.66. The quantitative estimate of drug-likeness (QED) is 0.899. The van der Waals surface area contributed by atoms with Crippen LogP contribution in [0.2, 0.25) is 5.02 Å². The third kappa shape index (κ3) is 4.41. The highest BCUT2D eigenvalue weighted by atomic mass is 35.5. The molecule has 0 saturated carbocycles. The average Bonchev–Trinajstić information content (AvgIpc) is 2.61. The van der Waals surface area contributed by atoms with Crippen LogP contribution in [0.15, 0.2) is 45.8 Å². The molecule has 0 atom stereocenters. The van der Waals surface area contributed by atoms with E-state index in [9.17, 15) is 14.7 Å². The Morgan fingerprint density at radius 1 is 1.20 bits per heavy atom. The topological polar surface area (TPSA) is 74.0 Å². The van der Waals surface area contributed by atoms with Crippen molar-refractivity contribution in [1.29, 1.82) is 0 Å². The van der Waals surface area contributed by atoms with Gasteiger partial charge in [-0.05, 0) is 11.6 Å². The molecule has 1 aliphatic rings. The second kappa shape index (κ2) is 7.72. The molecule has 1 saturated heterocycles. The Morgan fingerprint density at radius 3 is 2.60 bits per heavy atom. The number of rotatable bonds is 4. The molecule has 1 aromatic heterocycles. The van der Waals surface area contributed by atoms with Gasteiger partial charge in [0.25, 0.3) is 0 Å². The van der Waals surface area contributed by atoms with Crippen LogP contribution >= 0.6 is 11.6 Å². The van der Waals surface area contributed by atoms with Crippen molar-refractivity contribution in [3.05, 3.63) is 63.2 Å². The molecule has 7 heteroatoms. The first-order valence-electron chi connectivity index (χ1n) is 8.07. The molecule has 0 radical (unpaired) electrons. The fourth-order valence-corrected chi connectivity index (χ4v) is 3.02. The van der Waals surface area contributed by atoms with E-state index in [1.807, 2.05) is 23.1 Å². The second-order valence-electron chi connectivity index (χ2n) is 6.02. The minimum absolute atomic E-state index is 0.0592. The van der Waals surface area contributed by atoms with Gasteiger partial charge in [-0.1, -0.05) is 29.8 Å². The molecule has 1 amide bonds. The van der Waals surface area contributed by atoms with E-state index in [1.165, 1.54) is 6.07 Å². The molecule has 1 aliphatic heterocycles. The largest absolute Gasteiger partial charge is 0.502 e. The highest BCUT2D eigenvalue weighted by Crippen LogP contribution is 2.17. The number of halogens is 1. The SMILES string of the molecule is O=C(Cc1ccccc1Cl)N1CCN(Cc2cc(=O)c(O)co2)CC1. The van der Waals surface area contributed by atoms with Crippen LogP contribution in [0.3, 0.4) is 0 Å². The molecule has 3 rings (SSSR count). The van der Waals surface area contributed by atoms with Gasteiger partial charge in [-0.25, -0.2) is 0 Å². The number of piperazine rings is 1. The van der Waals surface area contributed by atoms with Crippen molar-refractivity contribution >= 4 is 17.5 Å². The Balaban J connectivity index is 1.53. The molecule has 0 aliphatic carbocycles. The standard InChI is InChI=1S/C18H19ClN2O4/c19-15-4-2-1-3-13(15)9-18(24)21-7-5-20(6-8-21)11-14-10-16(22)17(23)12-25-14/h1-4,10,12,23H,5-9,11H2. The van der Waals surface area contributed by atoms with Gasteiger partial charge in [-0.2, -0.15) is 0 Å². The van der Waals surface area contributed by atoms with Crippen molar-refractivity contribution in [3.63, 3.8) is 0 Å². The van der Waals surface area contributed by atoms with Gasteiger partial charge in [-0.3, -0.25) is 14.5 Å². The fraction of sp³-hybridized carbons (Fsp3) is 0.333. The van der Waals surface area contributed by atoms with Crippen LogP contribution in [0.4, 0.5) is 0 Å². The lowest BCUT2D eigenvalue weighted by Crippen LogP contribution is -2.48. The van der Waals surface area contributed by atoms with Crippen molar-refractivity contribution in [1.82, 2.24) is 9.80 Å². The monoisotopic (exact) mass is 362 g/mol. The molecule has 1 N–H and O–H groups in total. The molecule has 1 fully saturated rings. The Hall–Kier alpha value is -2.31. The lowest BCUT2D eigenvalue weighted by Gasteiger charge is -2.34. The van der Waals surface area contributed by atoms with E-state index in [0.29, 0.717) is 49.9 Å². The maximum atomic E-state index is 12.4. The second-order valence-corrected chi connectivity index (χ2v) is 6.43. The molecule has 2 heterocycles. The van der Waals surface area contributed by atoms with Gasteiger partial charge in [0.1, 0.15) is 12.0 Å². The van der Waals surface area contributed by atoms with Crippen LogP contribution in [0.1, 0.15) is 11.3 Å². The van der Waals surface area contributed by atoms with Crippen molar-refractivity contribution in [2.24, 2.45) is 0 Å². The summed E-state index contributed by atoms with van der Waals surface area (Å²) >= 11 is 6.11. The fourth-order valence-electron chi connectivity index (χ4n) is 2.82. The zero-order chi connectivity index (χ0) is 17.8. The summed E-state index contributed by atoms with van der Waals surface area (Å²) in [4.78, 5) is 27.8. The Morgan fingerprint density at radius 2 is 1.92 bits per heavy atom. The maximum Gasteiger partial charge on any atom is 0.227 e. The lowest BCUT2D eigenvalue weighted by atomic mass is 10.1. The molecular formula is C18H19ClN2O4. The van der Waals surface area contributed by atoms with Crippen molar-refractivity contribution in [2.45, 2.75) is 13.0 Å². The Kier molecular flexibility index (Phi) is 5.40. The number of carbonyl (C=O) groups excluding carboxylic acids is 1. The first kappa shape index (κ1) is 17.5. The molecule has 0 bridgehead atoms. The molecule has 1 aromatic carbocycles. The van der Waals surface area contributed by atoms with Gasteiger partial charge in [0.2, 0.25) is 11.3 Å². The number of nitrogens with zero attached hydrogens (tertiary/aromatic N) is 2. The predicted molar refractivity (Wildman–Crippen MR) is 93.7 cm³/mol. The molecule has 132 valence electrons. The third-order valence-electron chi connectivity index (χ3n) is 4.27. The summed E-state index contributed by atoms with van der Waals surface area (Å²) in [7, 11) is 0. The van der Waals surface area contributed by atoms with Gasteiger partial charge in [0.05, 0.1) is 13.0 Å². The smallest absolute Gasteiger partial charge is 0.227 e. The highest BCUT2D eigenvalue weighted by Gasteiger charge is 2.22. The molecule has 25 heavy (non-hydrogen) atoms. The summed E-state index contributed by atoms with van der Waals surface area (Å²) in [5, 5.41) is 9.82. The van der Waals surface area contributed by atoms with Gasteiger partial charge in [0, 0.05) is 37.3 Å². The van der Waals surface area contributed by atoms with Crippen LogP contribution in [0.25, 0.3) is 0 Å². The van der Waals surface area contributed by atoms with Crippen LogP contribution in [0, 0.1) is 0 Å². The van der Waals surface area contributed by atoms with Crippen molar-refractivity contribution in [3.8, 4) is 5.75 Å². The molecular weight excluding hydrogens is 344 g/mol. The Bertz CT molecular complexity index is 813. The summed E-state index contributed by atoms with van der Waals surface area (Å²) in [5.74, 6) is 0.168. The van der Waals surface area contributed by atoms with E-state index in [4.69, 9.17) is 16.0 Å². The predicted octanol–water partition coefficient (Wildman–Crippen LogP) is 1.89. The first-order valence-corrected chi connectivity index (χ1v) is 8.45. The number of hydrogen-bond donors (Lipinski definition) is 1. The molecule has 0 spiro atoms. The van der Waals surface area contributed by atoms with E-state index in [-0.39, 0.29) is 5.91 Å². The third-order valence-corrected chi connectivity index (χ3v) is 4.64. The lowest BCUT2D eigenvalue weighted by molar-refractivity contribution is -0.132. The zero-order valence-electron chi connectivity index (χ0n) is 13.7. The van der Waals surface area contributed by atoms with Crippen LogP contribution in [0.5, 0.6) is 5.75 Å². The molecule has 6 nitrogen and oxygen atoms in total. The molecule has 2 aromatic rings. The van der Waals surface area contributed by atoms with Crippen LogP contribution in [-0.2, 0) is 17.8 Å². The van der Waals surface area contributed by atoms with Gasteiger partial charge in [-0.15, -0.1) is 0 Å². The first-order chi connectivity index (χ1) is 12.0. The van der Waals surface area contributed by atoms with E-state index < -0.39 is 11.2 Å². The molecule has 0 unspecified atom stereocenters. The van der Waals surface area contributed by atoms with Gasteiger partial charge >= 0.3 is 0 Å². The van der Waals surface area contributed by atoms with E-state index in [2.05, 4.69) is 4.90 Å². The van der Waals surface area contributed by atoms with Gasteiger partial charge < -0.3 is 14.4 Å². The number of hydrogen-bond acceptors (Lipinski definition) is 5. The Labute approximate surface area is 150 Å². The van der Waals surface area contributed by atoms with E-state index in [0.717, 1.165) is 11.8 Å². The average molecular weight is 363 g/mol. The number of amides is 1. The van der Waals surface area contributed by atoms with Crippen molar-refractivity contribution in [2.75, 3.05) is 26.2 Å². The maximum absolute atomic E-state index is 12.4. The zero-order valence-corrected chi connectivity index (χ0v) is 14.4. The van der Waals surface area contributed by atoms with E-state index >= 15 is 0 Å². The minimum Gasteiger partial charge on any atom is -0.502 e. The summed E-state index contributed by atoms with van der Waals surface area (Å²) in [5.41, 5.74) is 0.386. The highest BCUT2D eigenvalue weighted by molar-refractivity contribution is 6.31. The minimum atomic E-state index is -0.449. The van der Waals surface area contributed by atoms with Crippen LogP contribution < -0.4 is 5.43 Å². The number of carbonyl (C=O) groups is 1. The van der Waals surface area contributed by atoms with Crippen molar-refractivity contribution < 1.29 is 14.3 Å². The normalized spacial score (nSPS) is 15.3. The van der Waals surface area contributed by atoms with Gasteiger partial charge in [0.15, 0.2) is 5.75 Å². The summed E-state index contributed by atoms with van der Waals surface area (Å²) in [6.07, 6.45) is 1.35.